The number of rotatable bonds is 3. The molecule has 1 spiro atoms. The van der Waals surface area contributed by atoms with Crippen molar-refractivity contribution in [2.75, 3.05) is 6.54 Å². The zero-order valence-electron chi connectivity index (χ0n) is 13.1. The summed E-state index contributed by atoms with van der Waals surface area (Å²) in [5.74, 6) is 1.80. The summed E-state index contributed by atoms with van der Waals surface area (Å²) in [7, 11) is 0. The van der Waals surface area contributed by atoms with Gasteiger partial charge in [-0.2, -0.15) is 0 Å². The van der Waals surface area contributed by atoms with Gasteiger partial charge in [-0.25, -0.2) is 0 Å². The highest BCUT2D eigenvalue weighted by Crippen LogP contribution is 2.42. The average Bonchev–Trinajstić information content (AvgIpc) is 2.99. The lowest BCUT2D eigenvalue weighted by Crippen LogP contribution is -2.55. The highest BCUT2D eigenvalue weighted by molar-refractivity contribution is 5.81. The third-order valence-electron chi connectivity index (χ3n) is 5.95. The van der Waals surface area contributed by atoms with E-state index in [1.54, 1.807) is 0 Å². The van der Waals surface area contributed by atoms with Crippen molar-refractivity contribution in [3.8, 4) is 0 Å². The lowest BCUT2D eigenvalue weighted by Gasteiger charge is -2.43. The van der Waals surface area contributed by atoms with Crippen LogP contribution < -0.4 is 5.73 Å². The van der Waals surface area contributed by atoms with Gasteiger partial charge in [-0.3, -0.25) is 4.99 Å². The fourth-order valence-corrected chi connectivity index (χ4v) is 4.92. The molecule has 2 fully saturated rings. The van der Waals surface area contributed by atoms with Crippen molar-refractivity contribution in [1.29, 1.82) is 0 Å². The predicted octanol–water partition coefficient (Wildman–Crippen LogP) is 3.68. The van der Waals surface area contributed by atoms with Crippen LogP contribution in [0.1, 0.15) is 77.6 Å². The lowest BCUT2D eigenvalue weighted by atomic mass is 9.86. The molecule has 2 saturated carbocycles. The van der Waals surface area contributed by atoms with Crippen LogP contribution in [0.15, 0.2) is 4.99 Å². The number of nitrogens with two attached hydrogens (primary N) is 1. The Bertz CT molecular complexity index is 359. The third kappa shape index (κ3) is 2.56. The van der Waals surface area contributed by atoms with Crippen LogP contribution >= 0.6 is 0 Å². The van der Waals surface area contributed by atoms with Crippen molar-refractivity contribution >= 4 is 5.96 Å². The molecular formula is C17H31N3. The molecule has 0 radical (unpaired) electrons. The Morgan fingerprint density at radius 2 is 1.95 bits per heavy atom. The van der Waals surface area contributed by atoms with Crippen LogP contribution in [0.3, 0.4) is 0 Å². The molecule has 3 heteroatoms. The Hall–Kier alpha value is -0.730. The molecule has 0 aromatic rings. The first-order valence-corrected chi connectivity index (χ1v) is 8.84. The average molecular weight is 277 g/mol. The standard InChI is InChI=1S/C17H31N3/c1-2-6-14-7-5-11-17(12-10-14)13-19-16(18)20(17)15-8-3-4-9-15/h14-15H,2-13H2,1H3,(H2,18,19). The van der Waals surface area contributed by atoms with E-state index in [-0.39, 0.29) is 0 Å². The molecule has 3 rings (SSSR count). The van der Waals surface area contributed by atoms with Gasteiger partial charge < -0.3 is 10.6 Å². The topological polar surface area (TPSA) is 41.6 Å². The predicted molar refractivity (Wildman–Crippen MR) is 84.8 cm³/mol. The molecule has 2 aliphatic carbocycles. The van der Waals surface area contributed by atoms with Crippen molar-refractivity contribution in [3.05, 3.63) is 0 Å². The Balaban J connectivity index is 1.73. The first-order chi connectivity index (χ1) is 9.75. The molecule has 114 valence electrons. The fraction of sp³-hybridized carbons (Fsp3) is 0.941. The quantitative estimate of drug-likeness (QED) is 0.855. The molecule has 2 unspecified atom stereocenters. The summed E-state index contributed by atoms with van der Waals surface area (Å²) < 4.78 is 0. The Morgan fingerprint density at radius 3 is 2.70 bits per heavy atom. The number of guanidine groups is 1. The zero-order valence-corrected chi connectivity index (χ0v) is 13.1. The molecule has 0 aromatic heterocycles. The molecule has 20 heavy (non-hydrogen) atoms. The summed E-state index contributed by atoms with van der Waals surface area (Å²) in [5, 5.41) is 0. The number of aliphatic imine (C=N–C) groups is 1. The van der Waals surface area contributed by atoms with E-state index in [0.717, 1.165) is 18.4 Å². The van der Waals surface area contributed by atoms with Gasteiger partial charge in [0.05, 0.1) is 12.1 Å². The van der Waals surface area contributed by atoms with E-state index in [4.69, 9.17) is 5.73 Å². The molecule has 1 heterocycles. The fourth-order valence-electron chi connectivity index (χ4n) is 4.92. The van der Waals surface area contributed by atoms with Gasteiger partial charge in [-0.1, -0.05) is 45.4 Å². The van der Waals surface area contributed by atoms with Gasteiger partial charge in [-0.05, 0) is 38.0 Å². The van der Waals surface area contributed by atoms with Gasteiger partial charge in [0.25, 0.3) is 0 Å². The van der Waals surface area contributed by atoms with Gasteiger partial charge >= 0.3 is 0 Å². The summed E-state index contributed by atoms with van der Waals surface area (Å²) >= 11 is 0. The van der Waals surface area contributed by atoms with Gasteiger partial charge in [0.2, 0.25) is 0 Å². The highest BCUT2D eigenvalue weighted by atomic mass is 15.4. The van der Waals surface area contributed by atoms with Crippen LogP contribution in [0.2, 0.25) is 0 Å². The first-order valence-electron chi connectivity index (χ1n) is 8.84. The molecule has 0 bridgehead atoms. The SMILES string of the molecule is CCCC1CCCC2(CC1)CN=C(N)N2C1CCCC1. The molecule has 0 aromatic carbocycles. The van der Waals surface area contributed by atoms with Crippen LogP contribution in [0, 0.1) is 5.92 Å². The van der Waals surface area contributed by atoms with E-state index in [2.05, 4.69) is 16.8 Å². The number of nitrogens with zero attached hydrogens (tertiary/aromatic N) is 2. The summed E-state index contributed by atoms with van der Waals surface area (Å²) in [4.78, 5) is 7.25. The number of hydrogen-bond acceptors (Lipinski definition) is 3. The van der Waals surface area contributed by atoms with Crippen LogP contribution in [0.25, 0.3) is 0 Å². The summed E-state index contributed by atoms with van der Waals surface area (Å²) in [6.45, 7) is 3.29. The maximum Gasteiger partial charge on any atom is 0.192 e. The van der Waals surface area contributed by atoms with Crippen molar-refractivity contribution < 1.29 is 0 Å². The molecule has 0 saturated heterocycles. The van der Waals surface area contributed by atoms with Crippen molar-refractivity contribution in [2.45, 2.75) is 89.1 Å². The van der Waals surface area contributed by atoms with Gasteiger partial charge in [0, 0.05) is 6.04 Å². The second kappa shape index (κ2) is 5.95. The van der Waals surface area contributed by atoms with Crippen LogP contribution in [-0.2, 0) is 0 Å². The monoisotopic (exact) mass is 277 g/mol. The molecule has 2 N–H and O–H groups in total. The van der Waals surface area contributed by atoms with Crippen LogP contribution in [0.5, 0.6) is 0 Å². The Morgan fingerprint density at radius 1 is 1.15 bits per heavy atom. The molecule has 2 atom stereocenters. The van der Waals surface area contributed by atoms with Gasteiger partial charge in [0.1, 0.15) is 0 Å². The largest absolute Gasteiger partial charge is 0.370 e. The van der Waals surface area contributed by atoms with E-state index in [0.29, 0.717) is 11.6 Å². The van der Waals surface area contributed by atoms with E-state index < -0.39 is 0 Å². The summed E-state index contributed by atoms with van der Waals surface area (Å²) in [5.41, 5.74) is 6.58. The van der Waals surface area contributed by atoms with Gasteiger partial charge in [0.15, 0.2) is 5.96 Å². The van der Waals surface area contributed by atoms with Crippen molar-refractivity contribution in [3.63, 3.8) is 0 Å². The van der Waals surface area contributed by atoms with Gasteiger partial charge in [-0.15, -0.1) is 0 Å². The molecule has 0 amide bonds. The Kier molecular flexibility index (Phi) is 4.23. The molecular weight excluding hydrogens is 246 g/mol. The maximum absolute atomic E-state index is 6.28. The number of hydrogen-bond donors (Lipinski definition) is 1. The minimum atomic E-state index is 0.293. The second-order valence-electron chi connectivity index (χ2n) is 7.29. The molecule has 1 aliphatic heterocycles. The van der Waals surface area contributed by atoms with E-state index in [1.807, 2.05) is 0 Å². The minimum absolute atomic E-state index is 0.293. The maximum atomic E-state index is 6.28. The second-order valence-corrected chi connectivity index (χ2v) is 7.29. The van der Waals surface area contributed by atoms with E-state index in [1.165, 1.54) is 70.6 Å². The smallest absolute Gasteiger partial charge is 0.192 e. The first kappa shape index (κ1) is 14.2. The minimum Gasteiger partial charge on any atom is -0.370 e. The summed E-state index contributed by atoms with van der Waals surface area (Å²) in [6, 6.07) is 0.684. The van der Waals surface area contributed by atoms with E-state index >= 15 is 0 Å². The third-order valence-corrected chi connectivity index (χ3v) is 5.95. The van der Waals surface area contributed by atoms with Crippen molar-refractivity contribution in [1.82, 2.24) is 4.90 Å². The lowest BCUT2D eigenvalue weighted by molar-refractivity contribution is 0.128. The molecule has 3 aliphatic rings. The summed E-state index contributed by atoms with van der Waals surface area (Å²) in [6.07, 6.45) is 15.0. The highest BCUT2D eigenvalue weighted by Gasteiger charge is 2.46. The zero-order chi connectivity index (χ0) is 14.0. The molecule has 3 nitrogen and oxygen atoms in total. The van der Waals surface area contributed by atoms with E-state index in [9.17, 15) is 0 Å². The normalized spacial score (nSPS) is 35.5. The Labute approximate surface area is 124 Å². The van der Waals surface area contributed by atoms with Crippen LogP contribution in [-0.4, -0.2) is 29.0 Å². The van der Waals surface area contributed by atoms with Crippen LogP contribution in [0.4, 0.5) is 0 Å². The van der Waals surface area contributed by atoms with Crippen molar-refractivity contribution in [2.24, 2.45) is 16.6 Å².